The summed E-state index contributed by atoms with van der Waals surface area (Å²) in [4.78, 5) is 31.1. The topological polar surface area (TPSA) is 82.4 Å². The molecule has 2 amide bonds. The number of piperazine rings is 1. The Labute approximate surface area is 139 Å². The Kier molecular flexibility index (Phi) is 4.28. The van der Waals surface area contributed by atoms with Gasteiger partial charge < -0.3 is 15.6 Å². The van der Waals surface area contributed by atoms with E-state index in [0.29, 0.717) is 29.7 Å². The summed E-state index contributed by atoms with van der Waals surface area (Å²) in [6.07, 6.45) is 0. The predicted octanol–water partition coefficient (Wildman–Crippen LogP) is 1.33. The van der Waals surface area contributed by atoms with Crippen LogP contribution in [0.25, 0.3) is 10.9 Å². The third-order valence-corrected chi connectivity index (χ3v) is 4.51. The molecule has 1 atom stereocenters. The van der Waals surface area contributed by atoms with Crippen molar-refractivity contribution in [1.29, 1.82) is 0 Å². The number of carbonyl (C=O) groups is 2. The maximum absolute atomic E-state index is 13.3. The highest BCUT2D eigenvalue weighted by Crippen LogP contribution is 2.20. The number of amides is 2. The monoisotopic (exact) mass is 332 g/mol. The van der Waals surface area contributed by atoms with E-state index in [1.165, 1.54) is 12.1 Å². The number of hydrogen-bond donors (Lipinski definition) is 2. The van der Waals surface area contributed by atoms with Crippen LogP contribution >= 0.6 is 0 Å². The van der Waals surface area contributed by atoms with E-state index in [1.807, 2.05) is 18.7 Å². The van der Waals surface area contributed by atoms with Crippen molar-refractivity contribution in [3.05, 3.63) is 35.8 Å². The molecule has 3 rings (SSSR count). The molecular formula is C17H21FN4O2. The molecule has 0 radical (unpaired) electrons. The number of aromatic amines is 1. The van der Waals surface area contributed by atoms with Crippen molar-refractivity contribution < 1.29 is 14.0 Å². The van der Waals surface area contributed by atoms with Crippen LogP contribution in [0.2, 0.25) is 0 Å². The Bertz CT molecular complexity index is 786. The van der Waals surface area contributed by atoms with E-state index in [1.54, 1.807) is 17.0 Å². The molecule has 1 fully saturated rings. The second-order valence-corrected chi connectivity index (χ2v) is 6.42. The lowest BCUT2D eigenvalue weighted by molar-refractivity contribution is -0.126. The Balaban J connectivity index is 1.82. The van der Waals surface area contributed by atoms with Crippen molar-refractivity contribution in [2.75, 3.05) is 19.6 Å². The van der Waals surface area contributed by atoms with Gasteiger partial charge in [0, 0.05) is 36.6 Å². The molecule has 1 aliphatic rings. The summed E-state index contributed by atoms with van der Waals surface area (Å²) in [5.74, 6) is -0.985. The minimum absolute atomic E-state index is 0.177. The summed E-state index contributed by atoms with van der Waals surface area (Å²) in [5, 5.41) is 0.644. The first kappa shape index (κ1) is 16.4. The number of rotatable bonds is 3. The maximum atomic E-state index is 13.3. The minimum atomic E-state index is -0.496. The van der Waals surface area contributed by atoms with Crippen molar-refractivity contribution in [2.24, 2.45) is 5.73 Å². The Morgan fingerprint density at radius 3 is 2.71 bits per heavy atom. The van der Waals surface area contributed by atoms with Crippen LogP contribution < -0.4 is 5.73 Å². The zero-order chi connectivity index (χ0) is 17.4. The van der Waals surface area contributed by atoms with Crippen molar-refractivity contribution in [2.45, 2.75) is 25.9 Å². The average molecular weight is 332 g/mol. The van der Waals surface area contributed by atoms with E-state index in [4.69, 9.17) is 5.73 Å². The molecule has 1 aliphatic heterocycles. The van der Waals surface area contributed by atoms with Gasteiger partial charge in [-0.3, -0.25) is 14.5 Å². The summed E-state index contributed by atoms with van der Waals surface area (Å²) in [6, 6.07) is 5.64. The Hall–Kier alpha value is -2.41. The van der Waals surface area contributed by atoms with Gasteiger partial charge in [-0.1, -0.05) is 0 Å². The molecule has 3 N–H and O–H groups in total. The van der Waals surface area contributed by atoms with Crippen molar-refractivity contribution in [3.63, 3.8) is 0 Å². The fourth-order valence-electron chi connectivity index (χ4n) is 3.24. The van der Waals surface area contributed by atoms with Gasteiger partial charge in [0.25, 0.3) is 5.91 Å². The Morgan fingerprint density at radius 2 is 2.04 bits per heavy atom. The molecule has 0 saturated carbocycles. The molecule has 0 unspecified atom stereocenters. The molecule has 0 aliphatic carbocycles. The van der Waals surface area contributed by atoms with Crippen molar-refractivity contribution in [1.82, 2.24) is 14.8 Å². The summed E-state index contributed by atoms with van der Waals surface area (Å²) >= 11 is 0. The quantitative estimate of drug-likeness (QED) is 0.889. The molecule has 0 bridgehead atoms. The van der Waals surface area contributed by atoms with Gasteiger partial charge in [0.05, 0.1) is 0 Å². The molecular weight excluding hydrogens is 311 g/mol. The number of hydrogen-bond acceptors (Lipinski definition) is 3. The van der Waals surface area contributed by atoms with Gasteiger partial charge in [0.1, 0.15) is 17.6 Å². The van der Waals surface area contributed by atoms with E-state index in [-0.39, 0.29) is 24.3 Å². The van der Waals surface area contributed by atoms with Gasteiger partial charge in [0.15, 0.2) is 0 Å². The van der Waals surface area contributed by atoms with Crippen LogP contribution in [0.4, 0.5) is 4.39 Å². The van der Waals surface area contributed by atoms with Crippen LogP contribution in [0.3, 0.4) is 0 Å². The van der Waals surface area contributed by atoms with Gasteiger partial charge in [0.2, 0.25) is 5.91 Å². The zero-order valence-corrected chi connectivity index (χ0v) is 13.8. The van der Waals surface area contributed by atoms with Gasteiger partial charge >= 0.3 is 0 Å². The number of fused-ring (bicyclic) bond motifs is 1. The van der Waals surface area contributed by atoms with Crippen LogP contribution in [-0.2, 0) is 4.79 Å². The molecule has 1 aromatic carbocycles. The molecule has 7 heteroatoms. The highest BCUT2D eigenvalue weighted by Gasteiger charge is 2.34. The van der Waals surface area contributed by atoms with Crippen molar-refractivity contribution >= 4 is 22.7 Å². The standard InChI is InChI=1S/C17H21FN4O2/c1-10(2)22-6-5-21(9-15(22)16(19)23)17(24)14-8-11-7-12(18)3-4-13(11)20-14/h3-4,7-8,10,15,20H,5-6,9H2,1-2H3,(H2,19,23)/t15-/m0/s1. The third kappa shape index (κ3) is 2.99. The number of carbonyl (C=O) groups excluding carboxylic acids is 2. The van der Waals surface area contributed by atoms with Crippen LogP contribution in [0.1, 0.15) is 24.3 Å². The fourth-order valence-corrected chi connectivity index (χ4v) is 3.24. The number of benzene rings is 1. The number of nitrogens with zero attached hydrogens (tertiary/aromatic N) is 2. The van der Waals surface area contributed by atoms with E-state index < -0.39 is 11.9 Å². The van der Waals surface area contributed by atoms with Crippen LogP contribution in [0.15, 0.2) is 24.3 Å². The predicted molar refractivity (Wildman–Crippen MR) is 89.0 cm³/mol. The number of nitrogens with one attached hydrogen (secondary N) is 1. The van der Waals surface area contributed by atoms with Crippen molar-refractivity contribution in [3.8, 4) is 0 Å². The number of nitrogens with two attached hydrogens (primary N) is 1. The first-order chi connectivity index (χ1) is 11.4. The summed E-state index contributed by atoms with van der Waals surface area (Å²) in [7, 11) is 0. The van der Waals surface area contributed by atoms with Crippen LogP contribution in [-0.4, -0.2) is 58.3 Å². The zero-order valence-electron chi connectivity index (χ0n) is 13.8. The minimum Gasteiger partial charge on any atom is -0.368 e. The van der Waals surface area contributed by atoms with Gasteiger partial charge in [-0.05, 0) is 38.1 Å². The van der Waals surface area contributed by atoms with Gasteiger partial charge in [-0.2, -0.15) is 0 Å². The first-order valence-corrected chi connectivity index (χ1v) is 7.99. The van der Waals surface area contributed by atoms with E-state index in [9.17, 15) is 14.0 Å². The van der Waals surface area contributed by atoms with Crippen LogP contribution in [0.5, 0.6) is 0 Å². The lowest BCUT2D eigenvalue weighted by atomic mass is 10.1. The highest BCUT2D eigenvalue weighted by atomic mass is 19.1. The second kappa shape index (κ2) is 6.24. The second-order valence-electron chi connectivity index (χ2n) is 6.42. The molecule has 1 saturated heterocycles. The SMILES string of the molecule is CC(C)N1CCN(C(=O)c2cc3cc(F)ccc3[nH]2)C[C@H]1C(N)=O. The lowest BCUT2D eigenvalue weighted by Gasteiger charge is -2.41. The van der Waals surface area contributed by atoms with Gasteiger partial charge in [-0.25, -0.2) is 4.39 Å². The smallest absolute Gasteiger partial charge is 0.270 e. The van der Waals surface area contributed by atoms with E-state index in [0.717, 1.165) is 0 Å². The Morgan fingerprint density at radius 1 is 1.29 bits per heavy atom. The number of aromatic nitrogens is 1. The highest BCUT2D eigenvalue weighted by molar-refractivity contribution is 5.98. The number of H-pyrrole nitrogens is 1. The van der Waals surface area contributed by atoms with E-state index in [2.05, 4.69) is 4.98 Å². The number of halogens is 1. The van der Waals surface area contributed by atoms with Gasteiger partial charge in [-0.15, -0.1) is 0 Å². The maximum Gasteiger partial charge on any atom is 0.270 e. The fraction of sp³-hybridized carbons (Fsp3) is 0.412. The third-order valence-electron chi connectivity index (χ3n) is 4.51. The lowest BCUT2D eigenvalue weighted by Crippen LogP contribution is -2.61. The molecule has 0 spiro atoms. The number of primary amides is 1. The summed E-state index contributed by atoms with van der Waals surface area (Å²) in [6.45, 7) is 5.37. The molecule has 24 heavy (non-hydrogen) atoms. The van der Waals surface area contributed by atoms with E-state index >= 15 is 0 Å². The average Bonchev–Trinajstić information content (AvgIpc) is 2.96. The van der Waals surface area contributed by atoms with Crippen LogP contribution in [0, 0.1) is 5.82 Å². The largest absolute Gasteiger partial charge is 0.368 e. The first-order valence-electron chi connectivity index (χ1n) is 7.99. The molecule has 6 nitrogen and oxygen atoms in total. The molecule has 2 heterocycles. The molecule has 2 aromatic rings. The summed E-state index contributed by atoms with van der Waals surface area (Å²) < 4.78 is 13.3. The normalized spacial score (nSPS) is 19.2. The molecule has 128 valence electrons. The summed E-state index contributed by atoms with van der Waals surface area (Å²) in [5.41, 5.74) is 6.59. The molecule has 1 aromatic heterocycles.